The first-order valence-electron chi connectivity index (χ1n) is 14.1. The summed E-state index contributed by atoms with van der Waals surface area (Å²) in [5, 5.41) is 22.8. The lowest BCUT2D eigenvalue weighted by atomic mass is 9.35. The van der Waals surface area contributed by atoms with Gasteiger partial charge in [-0.1, -0.05) is 39.3 Å². The molecule has 2 spiro atoms. The van der Waals surface area contributed by atoms with Gasteiger partial charge in [0.25, 0.3) is 0 Å². The van der Waals surface area contributed by atoms with Crippen LogP contribution in [0.4, 0.5) is 0 Å². The Bertz CT molecular complexity index is 903. The first kappa shape index (κ1) is 23.9. The Morgan fingerprint density at radius 3 is 2.38 bits per heavy atom. The Balaban J connectivity index is 1.41. The third-order valence-electron chi connectivity index (χ3n) is 12.8. The number of fused-ring (bicyclic) bond motifs is 4. The molecule has 34 heavy (non-hydrogen) atoms. The predicted octanol–water partition coefficient (Wildman–Crippen LogP) is 5.86. The normalized spacial score (nSPS) is 59.4. The monoisotopic (exact) mass is 472 g/mol. The quantitative estimate of drug-likeness (QED) is 0.470. The molecule has 2 bridgehead atoms. The van der Waals surface area contributed by atoms with Gasteiger partial charge in [0.15, 0.2) is 5.79 Å². The van der Waals surface area contributed by atoms with Crippen LogP contribution in [-0.4, -0.2) is 40.4 Å². The van der Waals surface area contributed by atoms with Crippen LogP contribution >= 0.6 is 0 Å². The molecule has 4 heteroatoms. The van der Waals surface area contributed by atoms with E-state index in [-0.39, 0.29) is 39.8 Å². The molecule has 4 nitrogen and oxygen atoms in total. The van der Waals surface area contributed by atoms with Crippen molar-refractivity contribution in [2.75, 3.05) is 6.61 Å². The molecule has 0 aromatic carbocycles. The van der Waals surface area contributed by atoms with Gasteiger partial charge >= 0.3 is 0 Å². The van der Waals surface area contributed by atoms with Gasteiger partial charge in [-0.05, 0) is 93.3 Å². The number of hydrogen-bond donors (Lipinski definition) is 2. The van der Waals surface area contributed by atoms with E-state index in [2.05, 4.69) is 54.5 Å². The summed E-state index contributed by atoms with van der Waals surface area (Å²) in [6.07, 6.45) is 10.4. The lowest BCUT2D eigenvalue weighted by molar-refractivity contribution is -0.340. The Morgan fingerprint density at radius 1 is 0.941 bits per heavy atom. The molecule has 4 aliphatic carbocycles. The lowest BCUT2D eigenvalue weighted by Crippen LogP contribution is -2.67. The van der Waals surface area contributed by atoms with Crippen molar-refractivity contribution in [1.29, 1.82) is 0 Å². The van der Waals surface area contributed by atoms with E-state index < -0.39 is 11.4 Å². The van der Waals surface area contributed by atoms with E-state index in [9.17, 15) is 10.2 Å². The smallest absolute Gasteiger partial charge is 0.175 e. The number of aliphatic hydroxyl groups is 2. The molecule has 6 rings (SSSR count). The van der Waals surface area contributed by atoms with E-state index in [4.69, 9.17) is 9.47 Å². The number of ether oxygens (including phenoxy) is 2. The maximum Gasteiger partial charge on any atom is 0.175 e. The van der Waals surface area contributed by atoms with Crippen molar-refractivity contribution in [3.63, 3.8) is 0 Å². The summed E-state index contributed by atoms with van der Waals surface area (Å²) in [6, 6.07) is 0. The van der Waals surface area contributed by atoms with Gasteiger partial charge in [0.05, 0.1) is 24.4 Å². The van der Waals surface area contributed by atoms with E-state index in [1.165, 1.54) is 31.3 Å². The Labute approximate surface area is 206 Å². The standard InChI is InChI=1S/C30H48O4/c1-18(2)14-19-15-28(7,32)24-20-8-9-22-26(5)12-11-23(31)25(3,4)21(26)10-13-27(22,6)29(20)16-30(24,34-19)33-17-29/h14,19-24,31-32H,8-13,15-17H2,1-7H3/t19-,20+,21+,22-,23+,24+,26+,27-,28+,29+,30+/m1/s1. The van der Waals surface area contributed by atoms with Crippen molar-refractivity contribution in [1.82, 2.24) is 0 Å². The Kier molecular flexibility index (Phi) is 4.87. The molecule has 6 fully saturated rings. The molecule has 0 aromatic heterocycles. The van der Waals surface area contributed by atoms with Crippen molar-refractivity contribution in [2.45, 2.75) is 123 Å². The summed E-state index contributed by atoms with van der Waals surface area (Å²) in [4.78, 5) is 0. The van der Waals surface area contributed by atoms with Crippen LogP contribution in [0.1, 0.15) is 99.8 Å². The zero-order chi connectivity index (χ0) is 24.5. The van der Waals surface area contributed by atoms with E-state index in [1.54, 1.807) is 0 Å². The van der Waals surface area contributed by atoms with Crippen molar-refractivity contribution in [3.05, 3.63) is 11.6 Å². The van der Waals surface area contributed by atoms with Crippen LogP contribution in [0.5, 0.6) is 0 Å². The zero-order valence-corrected chi connectivity index (χ0v) is 22.6. The third-order valence-corrected chi connectivity index (χ3v) is 12.8. The summed E-state index contributed by atoms with van der Waals surface area (Å²) in [5.41, 5.74) is 0.962. The molecule has 6 aliphatic rings. The molecule has 2 N–H and O–H groups in total. The number of rotatable bonds is 1. The van der Waals surface area contributed by atoms with Crippen molar-refractivity contribution >= 4 is 0 Å². The molecule has 192 valence electrons. The Hall–Kier alpha value is -0.420. The van der Waals surface area contributed by atoms with E-state index in [0.29, 0.717) is 24.2 Å². The average molecular weight is 473 g/mol. The third kappa shape index (κ3) is 2.70. The minimum absolute atomic E-state index is 0.0236. The summed E-state index contributed by atoms with van der Waals surface area (Å²) >= 11 is 0. The zero-order valence-electron chi connectivity index (χ0n) is 22.6. The van der Waals surface area contributed by atoms with Crippen LogP contribution < -0.4 is 0 Å². The summed E-state index contributed by atoms with van der Waals surface area (Å²) in [5.74, 6) is 1.09. The average Bonchev–Trinajstić information content (AvgIpc) is 3.22. The summed E-state index contributed by atoms with van der Waals surface area (Å²) < 4.78 is 13.6. The van der Waals surface area contributed by atoms with Crippen LogP contribution in [0.15, 0.2) is 11.6 Å². The minimum atomic E-state index is -0.775. The molecule has 0 unspecified atom stereocenters. The molecule has 0 radical (unpaired) electrons. The van der Waals surface area contributed by atoms with Gasteiger partial charge in [-0.3, -0.25) is 0 Å². The minimum Gasteiger partial charge on any atom is -0.393 e. The summed E-state index contributed by atoms with van der Waals surface area (Å²) in [6.45, 7) is 16.9. The maximum atomic E-state index is 11.9. The number of aliphatic hydroxyl groups excluding tert-OH is 1. The van der Waals surface area contributed by atoms with E-state index in [1.807, 2.05) is 0 Å². The predicted molar refractivity (Wildman–Crippen MR) is 133 cm³/mol. The van der Waals surface area contributed by atoms with Crippen LogP contribution in [0.3, 0.4) is 0 Å². The van der Waals surface area contributed by atoms with E-state index >= 15 is 0 Å². The van der Waals surface area contributed by atoms with Crippen molar-refractivity contribution in [3.8, 4) is 0 Å². The van der Waals surface area contributed by atoms with Gasteiger partial charge < -0.3 is 19.7 Å². The van der Waals surface area contributed by atoms with Crippen LogP contribution in [0.2, 0.25) is 0 Å². The molecule has 2 aliphatic heterocycles. The highest BCUT2D eigenvalue weighted by atomic mass is 16.7. The first-order chi connectivity index (χ1) is 15.7. The van der Waals surface area contributed by atoms with Gasteiger partial charge in [-0.15, -0.1) is 0 Å². The molecule has 2 saturated heterocycles. The van der Waals surface area contributed by atoms with Crippen molar-refractivity contribution in [2.24, 2.45) is 45.3 Å². The molecular formula is C30H48O4. The van der Waals surface area contributed by atoms with Gasteiger partial charge in [0, 0.05) is 24.2 Å². The molecule has 0 aromatic rings. The molecule has 2 heterocycles. The molecular weight excluding hydrogens is 424 g/mol. The highest BCUT2D eigenvalue weighted by Crippen LogP contribution is 2.80. The molecule has 11 atom stereocenters. The van der Waals surface area contributed by atoms with Crippen molar-refractivity contribution < 1.29 is 19.7 Å². The molecule has 4 saturated carbocycles. The first-order valence-corrected chi connectivity index (χ1v) is 14.1. The van der Waals surface area contributed by atoms with Crippen LogP contribution in [0.25, 0.3) is 0 Å². The second-order valence-electron chi connectivity index (χ2n) is 15.0. The van der Waals surface area contributed by atoms with Gasteiger partial charge in [-0.2, -0.15) is 0 Å². The molecule has 0 amide bonds. The summed E-state index contributed by atoms with van der Waals surface area (Å²) in [7, 11) is 0. The SMILES string of the molecule is CC(C)=C[C@@H]1C[C@](C)(O)[C@@H]2[C@@H]3CC[C@@H]4[C@@]5(C)CC[C@H](O)C(C)(C)[C@@H]5CC[C@@]4(C)[C@@]34CO[C@@]2(C4)O1. The highest BCUT2D eigenvalue weighted by molar-refractivity contribution is 5.26. The highest BCUT2D eigenvalue weighted by Gasteiger charge is 2.80. The fraction of sp³-hybridized carbons (Fsp3) is 0.933. The number of allylic oxidation sites excluding steroid dienone is 1. The largest absolute Gasteiger partial charge is 0.393 e. The second-order valence-corrected chi connectivity index (χ2v) is 15.0. The maximum absolute atomic E-state index is 11.9. The fourth-order valence-electron chi connectivity index (χ4n) is 11.6. The van der Waals surface area contributed by atoms with Gasteiger partial charge in [-0.25, -0.2) is 0 Å². The topological polar surface area (TPSA) is 58.9 Å². The van der Waals surface area contributed by atoms with E-state index in [0.717, 1.165) is 25.9 Å². The lowest BCUT2D eigenvalue weighted by Gasteiger charge is -2.70. The van der Waals surface area contributed by atoms with Gasteiger partial charge in [0.2, 0.25) is 0 Å². The van der Waals surface area contributed by atoms with Crippen LogP contribution in [-0.2, 0) is 9.47 Å². The van der Waals surface area contributed by atoms with Crippen LogP contribution in [0, 0.1) is 45.3 Å². The fourth-order valence-corrected chi connectivity index (χ4v) is 11.6. The number of hydrogen-bond acceptors (Lipinski definition) is 4. The second kappa shape index (κ2) is 6.91. The van der Waals surface area contributed by atoms with Gasteiger partial charge in [0.1, 0.15) is 0 Å². The Morgan fingerprint density at radius 2 is 1.68 bits per heavy atom.